The fourth-order valence-corrected chi connectivity index (χ4v) is 4.41. The number of halogens is 2. The molecule has 1 amide bonds. The first-order valence-corrected chi connectivity index (χ1v) is 11.2. The highest BCUT2D eigenvalue weighted by molar-refractivity contribution is 7.92. The quantitative estimate of drug-likeness (QED) is 0.490. The number of nitrogens with zero attached hydrogens (tertiary/aromatic N) is 1. The van der Waals surface area contributed by atoms with Gasteiger partial charge in [0.15, 0.2) is 0 Å². The molecule has 0 aromatic heterocycles. The highest BCUT2D eigenvalue weighted by Gasteiger charge is 2.28. The lowest BCUT2D eigenvalue weighted by Gasteiger charge is -2.24. The maximum atomic E-state index is 14.4. The first-order chi connectivity index (χ1) is 14.9. The zero-order valence-electron chi connectivity index (χ0n) is 16.4. The van der Waals surface area contributed by atoms with Gasteiger partial charge in [0, 0.05) is 0 Å². The van der Waals surface area contributed by atoms with Crippen molar-refractivity contribution in [3.8, 4) is 5.75 Å². The lowest BCUT2D eigenvalue weighted by atomic mass is 10.3. The van der Waals surface area contributed by atoms with Crippen LogP contribution in [0.4, 0.5) is 10.1 Å². The summed E-state index contributed by atoms with van der Waals surface area (Å²) in [5, 5.41) is 3.02. The molecule has 3 aromatic rings. The van der Waals surface area contributed by atoms with Crippen LogP contribution in [0.15, 0.2) is 83.8 Å². The van der Waals surface area contributed by atoms with E-state index in [0.29, 0.717) is 10.8 Å². The van der Waals surface area contributed by atoms with Crippen LogP contribution in [0.1, 0.15) is 0 Å². The lowest BCUT2D eigenvalue weighted by molar-refractivity contribution is -0.119. The molecule has 0 spiro atoms. The zero-order chi connectivity index (χ0) is 22.3. The van der Waals surface area contributed by atoms with Crippen molar-refractivity contribution >= 4 is 33.2 Å². The average Bonchev–Trinajstić information content (AvgIpc) is 2.77. The largest absolute Gasteiger partial charge is 0.490 e. The van der Waals surface area contributed by atoms with Crippen molar-refractivity contribution < 1.29 is 22.3 Å². The van der Waals surface area contributed by atoms with Crippen LogP contribution in [0, 0.1) is 5.82 Å². The van der Waals surface area contributed by atoms with Crippen molar-refractivity contribution in [1.29, 1.82) is 0 Å². The number of para-hydroxylation sites is 2. The molecule has 0 atom stereocenters. The Morgan fingerprint density at radius 2 is 1.61 bits per heavy atom. The number of hydrogen-bond donors (Lipinski definition) is 1. The minimum atomic E-state index is -4.17. The number of hydrogen-bond acceptors (Lipinski definition) is 4. The SMILES string of the molecule is O=C(CN(c1ccccc1F)S(=O)(=O)c1ccccc1)NCCOc1ccccc1Cl. The van der Waals surface area contributed by atoms with Gasteiger partial charge < -0.3 is 10.1 Å². The molecule has 0 heterocycles. The Kier molecular flexibility index (Phi) is 7.49. The Labute approximate surface area is 185 Å². The molecule has 0 fully saturated rings. The molecule has 9 heteroatoms. The average molecular weight is 463 g/mol. The van der Waals surface area contributed by atoms with Crippen molar-refractivity contribution in [2.24, 2.45) is 0 Å². The molecular formula is C22H20ClFN2O4S. The van der Waals surface area contributed by atoms with Crippen LogP contribution in [0.2, 0.25) is 5.02 Å². The van der Waals surface area contributed by atoms with E-state index in [4.69, 9.17) is 16.3 Å². The van der Waals surface area contributed by atoms with Crippen molar-refractivity contribution in [3.63, 3.8) is 0 Å². The minimum Gasteiger partial charge on any atom is -0.490 e. The Morgan fingerprint density at radius 3 is 2.32 bits per heavy atom. The summed E-state index contributed by atoms with van der Waals surface area (Å²) in [7, 11) is -4.17. The third-order valence-electron chi connectivity index (χ3n) is 4.26. The second kappa shape index (κ2) is 10.3. The number of carbonyl (C=O) groups is 1. The monoisotopic (exact) mass is 462 g/mol. The molecule has 3 rings (SSSR count). The normalized spacial score (nSPS) is 11.0. The standard InChI is InChI=1S/C22H20ClFN2O4S/c23-18-10-4-7-13-21(18)30-15-14-25-22(27)16-26(20-12-6-5-11-19(20)24)31(28,29)17-8-2-1-3-9-17/h1-13H,14-16H2,(H,25,27). The van der Waals surface area contributed by atoms with E-state index in [0.717, 1.165) is 10.4 Å². The highest BCUT2D eigenvalue weighted by atomic mass is 35.5. The molecule has 1 N–H and O–H groups in total. The Morgan fingerprint density at radius 1 is 0.968 bits per heavy atom. The van der Waals surface area contributed by atoms with E-state index in [2.05, 4.69) is 5.32 Å². The van der Waals surface area contributed by atoms with Gasteiger partial charge in [-0.15, -0.1) is 0 Å². The van der Waals surface area contributed by atoms with Gasteiger partial charge in [0.1, 0.15) is 24.7 Å². The van der Waals surface area contributed by atoms with Crippen LogP contribution in [0.25, 0.3) is 0 Å². The number of benzene rings is 3. The van der Waals surface area contributed by atoms with Crippen LogP contribution in [-0.4, -0.2) is 34.0 Å². The van der Waals surface area contributed by atoms with Crippen molar-refractivity contribution in [1.82, 2.24) is 5.32 Å². The van der Waals surface area contributed by atoms with Crippen LogP contribution >= 0.6 is 11.6 Å². The van der Waals surface area contributed by atoms with Crippen LogP contribution < -0.4 is 14.4 Å². The number of nitrogens with one attached hydrogen (secondary N) is 1. The fourth-order valence-electron chi connectivity index (χ4n) is 2.77. The molecular weight excluding hydrogens is 443 g/mol. The van der Waals surface area contributed by atoms with Gasteiger partial charge in [0.25, 0.3) is 10.0 Å². The van der Waals surface area contributed by atoms with Gasteiger partial charge in [-0.2, -0.15) is 0 Å². The maximum Gasteiger partial charge on any atom is 0.264 e. The van der Waals surface area contributed by atoms with E-state index >= 15 is 0 Å². The summed E-state index contributed by atoms with van der Waals surface area (Å²) in [5.74, 6) is -0.888. The number of anilines is 1. The van der Waals surface area contributed by atoms with Gasteiger partial charge in [-0.05, 0) is 36.4 Å². The smallest absolute Gasteiger partial charge is 0.264 e. The van der Waals surface area contributed by atoms with Gasteiger partial charge in [-0.3, -0.25) is 9.10 Å². The molecule has 162 valence electrons. The third kappa shape index (κ3) is 5.74. The maximum absolute atomic E-state index is 14.4. The number of carbonyl (C=O) groups excluding carboxylic acids is 1. The molecule has 3 aromatic carbocycles. The summed E-state index contributed by atoms with van der Waals surface area (Å²) >= 11 is 6.00. The Balaban J connectivity index is 1.71. The molecule has 0 unspecified atom stereocenters. The second-order valence-corrected chi connectivity index (χ2v) is 8.67. The van der Waals surface area contributed by atoms with Gasteiger partial charge in [0.2, 0.25) is 5.91 Å². The lowest BCUT2D eigenvalue weighted by Crippen LogP contribution is -2.42. The third-order valence-corrected chi connectivity index (χ3v) is 6.34. The van der Waals surface area contributed by atoms with E-state index in [1.165, 1.54) is 30.3 Å². The molecule has 0 aliphatic rings. The number of amides is 1. The van der Waals surface area contributed by atoms with Crippen molar-refractivity contribution in [3.05, 3.63) is 89.7 Å². The first kappa shape index (κ1) is 22.6. The molecule has 0 bridgehead atoms. The molecule has 0 saturated heterocycles. The first-order valence-electron chi connectivity index (χ1n) is 9.36. The van der Waals surface area contributed by atoms with Crippen LogP contribution in [0.3, 0.4) is 0 Å². The number of rotatable bonds is 9. The van der Waals surface area contributed by atoms with Gasteiger partial charge in [-0.1, -0.05) is 54.1 Å². The summed E-state index contributed by atoms with van der Waals surface area (Å²) in [6, 6.07) is 19.8. The summed E-state index contributed by atoms with van der Waals surface area (Å²) in [5.41, 5.74) is -0.214. The Bertz CT molecular complexity index is 1140. The van der Waals surface area contributed by atoms with Crippen LogP contribution in [0.5, 0.6) is 5.75 Å². The summed E-state index contributed by atoms with van der Waals surface area (Å²) in [6.45, 7) is -0.356. The summed E-state index contributed by atoms with van der Waals surface area (Å²) in [4.78, 5) is 12.4. The second-order valence-electron chi connectivity index (χ2n) is 6.40. The van der Waals surface area contributed by atoms with E-state index in [-0.39, 0.29) is 23.7 Å². The van der Waals surface area contributed by atoms with Gasteiger partial charge in [0.05, 0.1) is 22.2 Å². The van der Waals surface area contributed by atoms with Crippen molar-refractivity contribution in [2.45, 2.75) is 4.90 Å². The number of sulfonamides is 1. The van der Waals surface area contributed by atoms with E-state index in [1.54, 1.807) is 42.5 Å². The molecule has 0 saturated carbocycles. The topological polar surface area (TPSA) is 75.7 Å². The predicted octanol–water partition coefficient (Wildman–Crippen LogP) is 3.87. The molecule has 6 nitrogen and oxygen atoms in total. The minimum absolute atomic E-state index is 0.0481. The molecule has 0 radical (unpaired) electrons. The van der Waals surface area contributed by atoms with E-state index < -0.39 is 28.3 Å². The van der Waals surface area contributed by atoms with E-state index in [9.17, 15) is 17.6 Å². The Hall–Kier alpha value is -3.10. The molecule has 0 aliphatic carbocycles. The molecule has 31 heavy (non-hydrogen) atoms. The predicted molar refractivity (Wildman–Crippen MR) is 117 cm³/mol. The number of ether oxygens (including phenoxy) is 1. The van der Waals surface area contributed by atoms with Gasteiger partial charge in [-0.25, -0.2) is 12.8 Å². The van der Waals surface area contributed by atoms with Crippen LogP contribution in [-0.2, 0) is 14.8 Å². The molecule has 0 aliphatic heterocycles. The van der Waals surface area contributed by atoms with Gasteiger partial charge >= 0.3 is 0 Å². The fraction of sp³-hybridized carbons (Fsp3) is 0.136. The van der Waals surface area contributed by atoms with E-state index in [1.807, 2.05) is 0 Å². The highest BCUT2D eigenvalue weighted by Crippen LogP contribution is 2.26. The summed E-state index contributed by atoms with van der Waals surface area (Å²) in [6.07, 6.45) is 0. The zero-order valence-corrected chi connectivity index (χ0v) is 17.9. The summed E-state index contributed by atoms with van der Waals surface area (Å²) < 4.78 is 46.9. The van der Waals surface area contributed by atoms with Crippen molar-refractivity contribution in [2.75, 3.05) is 24.0 Å².